The van der Waals surface area contributed by atoms with Gasteiger partial charge in [0.05, 0.1) is 5.60 Å². The summed E-state index contributed by atoms with van der Waals surface area (Å²) >= 11 is 0. The lowest BCUT2D eigenvalue weighted by Crippen LogP contribution is -2.48. The van der Waals surface area contributed by atoms with Crippen LogP contribution in [0.5, 0.6) is 0 Å². The molecule has 0 saturated heterocycles. The molecule has 206 valence electrons. The summed E-state index contributed by atoms with van der Waals surface area (Å²) in [6.45, 7) is 9.38. The highest BCUT2D eigenvalue weighted by Crippen LogP contribution is 2.65. The third kappa shape index (κ3) is 5.64. The highest BCUT2D eigenvalue weighted by Gasteiger charge is 2.57. The van der Waals surface area contributed by atoms with Gasteiger partial charge in [0, 0.05) is 19.8 Å². The molecule has 3 heteroatoms. The Kier molecular flexibility index (Phi) is 8.60. The lowest BCUT2D eigenvalue weighted by Gasteiger charge is -2.55. The van der Waals surface area contributed by atoms with E-state index in [4.69, 9.17) is 9.84 Å². The van der Waals surface area contributed by atoms with Crippen molar-refractivity contribution in [1.82, 2.24) is 0 Å². The van der Waals surface area contributed by atoms with Gasteiger partial charge in [-0.05, 0) is 136 Å². The van der Waals surface area contributed by atoms with Gasteiger partial charge in [-0.3, -0.25) is 0 Å². The maximum Gasteiger partial charge on any atom is 0.0685 e. The van der Waals surface area contributed by atoms with Crippen LogP contribution in [0.25, 0.3) is 0 Å². The Hall–Kier alpha value is -0.380. The fraction of sp³-hybridized carbons (Fsp3) is 0.939. The zero-order valence-corrected chi connectivity index (χ0v) is 23.7. The first-order valence-corrected chi connectivity index (χ1v) is 15.9. The van der Waals surface area contributed by atoms with Crippen molar-refractivity contribution < 1.29 is 14.9 Å². The molecule has 0 aromatic rings. The quantitative estimate of drug-likeness (QED) is 0.215. The fourth-order valence-electron chi connectivity index (χ4n) is 9.95. The monoisotopic (exact) mass is 500 g/mol. The summed E-state index contributed by atoms with van der Waals surface area (Å²) in [5, 5.41) is 20.3. The lowest BCUT2D eigenvalue weighted by molar-refractivity contribution is -0.0482. The number of ether oxygens (including phenoxy) is 1. The highest BCUT2D eigenvalue weighted by atomic mass is 16.5. The van der Waals surface area contributed by atoms with E-state index in [2.05, 4.69) is 26.8 Å². The molecule has 5 aliphatic carbocycles. The standard InChI is InChI=1S/C33H56O3/c1-23(7-4-5-19-36-20-6-18-34)30-10-11-31-29-9-8-26-22-33(35,16-12-25-21-24(25)2)17-14-27(26)28(29)13-15-32(30,31)3/h8,23-25,27-31,34-35H,4-7,9-22H2,1-3H3/t23-,24?,25+,27+,28-,29?,30-,31+,32-,33+/m1/s1. The zero-order valence-electron chi connectivity index (χ0n) is 23.7. The maximum atomic E-state index is 11.4. The van der Waals surface area contributed by atoms with Crippen LogP contribution in [0.4, 0.5) is 0 Å². The van der Waals surface area contributed by atoms with E-state index in [-0.39, 0.29) is 6.61 Å². The number of aliphatic hydroxyl groups excluding tert-OH is 1. The summed E-state index contributed by atoms with van der Waals surface area (Å²) in [6.07, 6.45) is 21.2. The second-order valence-corrected chi connectivity index (χ2v) is 14.4. The van der Waals surface area contributed by atoms with E-state index in [1.54, 1.807) is 5.57 Å². The molecule has 2 unspecified atom stereocenters. The molecule has 0 spiro atoms. The van der Waals surface area contributed by atoms with Crippen LogP contribution in [0.2, 0.25) is 0 Å². The molecule has 0 heterocycles. The Morgan fingerprint density at radius 2 is 1.86 bits per heavy atom. The molecule has 36 heavy (non-hydrogen) atoms. The maximum absolute atomic E-state index is 11.4. The van der Waals surface area contributed by atoms with E-state index in [0.29, 0.717) is 12.0 Å². The Labute approximate surface area is 221 Å². The normalized spacial score (nSPS) is 44.4. The topological polar surface area (TPSA) is 49.7 Å². The molecule has 0 amide bonds. The summed E-state index contributed by atoms with van der Waals surface area (Å²) in [5.74, 6) is 7.00. The van der Waals surface area contributed by atoms with Crippen LogP contribution in [-0.2, 0) is 4.74 Å². The fourth-order valence-corrected chi connectivity index (χ4v) is 9.95. The predicted molar refractivity (Wildman–Crippen MR) is 148 cm³/mol. The average molecular weight is 501 g/mol. The smallest absolute Gasteiger partial charge is 0.0685 e. The van der Waals surface area contributed by atoms with E-state index in [0.717, 1.165) is 86.1 Å². The molecular formula is C33H56O3. The van der Waals surface area contributed by atoms with E-state index in [1.165, 1.54) is 64.2 Å². The number of hydrogen-bond acceptors (Lipinski definition) is 3. The van der Waals surface area contributed by atoms with Crippen LogP contribution in [0.1, 0.15) is 117 Å². The third-order valence-corrected chi connectivity index (χ3v) is 12.3. The van der Waals surface area contributed by atoms with Crippen molar-refractivity contribution >= 4 is 0 Å². The SMILES string of the molecule is CC1C[C@@H]1CC[C@]1(O)CC[C@H]2C(=CCC3[C@@H]2CC[C@]2(C)[C@@H]([C@H](C)CCCCOCCCO)CC[C@@H]32)C1. The first-order valence-electron chi connectivity index (χ1n) is 15.9. The highest BCUT2D eigenvalue weighted by molar-refractivity contribution is 5.22. The molecule has 3 nitrogen and oxygen atoms in total. The molecule has 4 saturated carbocycles. The first-order chi connectivity index (χ1) is 17.3. The third-order valence-electron chi connectivity index (χ3n) is 12.3. The lowest BCUT2D eigenvalue weighted by atomic mass is 9.50. The van der Waals surface area contributed by atoms with Gasteiger partial charge in [0.15, 0.2) is 0 Å². The summed E-state index contributed by atoms with van der Waals surface area (Å²) in [6, 6.07) is 0. The van der Waals surface area contributed by atoms with E-state index < -0.39 is 5.60 Å². The summed E-state index contributed by atoms with van der Waals surface area (Å²) in [7, 11) is 0. The Morgan fingerprint density at radius 1 is 1.06 bits per heavy atom. The van der Waals surface area contributed by atoms with Crippen LogP contribution in [0.15, 0.2) is 11.6 Å². The molecule has 5 aliphatic rings. The van der Waals surface area contributed by atoms with Gasteiger partial charge in [0.1, 0.15) is 0 Å². The van der Waals surface area contributed by atoms with Crippen molar-refractivity contribution in [3.8, 4) is 0 Å². The largest absolute Gasteiger partial charge is 0.396 e. The average Bonchev–Trinajstić information content (AvgIpc) is 3.46. The van der Waals surface area contributed by atoms with E-state index >= 15 is 0 Å². The molecule has 2 N–H and O–H groups in total. The number of hydrogen-bond donors (Lipinski definition) is 2. The van der Waals surface area contributed by atoms with Crippen LogP contribution in [0, 0.1) is 52.8 Å². The Morgan fingerprint density at radius 3 is 2.64 bits per heavy atom. The zero-order chi connectivity index (χ0) is 25.3. The Balaban J connectivity index is 1.14. The number of allylic oxidation sites excluding steroid dienone is 1. The molecular weight excluding hydrogens is 444 g/mol. The van der Waals surface area contributed by atoms with Gasteiger partial charge in [0.2, 0.25) is 0 Å². The number of unbranched alkanes of at least 4 members (excludes halogenated alkanes) is 1. The first kappa shape index (κ1) is 27.2. The molecule has 0 aromatic carbocycles. The van der Waals surface area contributed by atoms with Gasteiger partial charge in [-0.15, -0.1) is 0 Å². The van der Waals surface area contributed by atoms with Gasteiger partial charge in [-0.25, -0.2) is 0 Å². The van der Waals surface area contributed by atoms with Gasteiger partial charge in [-0.1, -0.05) is 45.3 Å². The van der Waals surface area contributed by atoms with Crippen molar-refractivity contribution in [3.63, 3.8) is 0 Å². The minimum absolute atomic E-state index is 0.236. The summed E-state index contributed by atoms with van der Waals surface area (Å²) in [4.78, 5) is 0. The molecule has 0 aliphatic heterocycles. The molecule has 0 bridgehead atoms. The molecule has 5 rings (SSSR count). The van der Waals surface area contributed by atoms with Crippen LogP contribution >= 0.6 is 0 Å². The van der Waals surface area contributed by atoms with Gasteiger partial charge in [-0.2, -0.15) is 0 Å². The van der Waals surface area contributed by atoms with Gasteiger partial charge >= 0.3 is 0 Å². The Bertz CT molecular complexity index is 762. The van der Waals surface area contributed by atoms with Crippen molar-refractivity contribution in [3.05, 3.63) is 11.6 Å². The van der Waals surface area contributed by atoms with Gasteiger partial charge < -0.3 is 14.9 Å². The van der Waals surface area contributed by atoms with Crippen molar-refractivity contribution in [1.29, 1.82) is 0 Å². The minimum atomic E-state index is -0.404. The van der Waals surface area contributed by atoms with Crippen LogP contribution in [0.3, 0.4) is 0 Å². The second kappa shape index (κ2) is 11.4. The van der Waals surface area contributed by atoms with Crippen LogP contribution < -0.4 is 0 Å². The van der Waals surface area contributed by atoms with E-state index in [1.807, 2.05) is 0 Å². The number of fused-ring (bicyclic) bond motifs is 5. The van der Waals surface area contributed by atoms with Crippen molar-refractivity contribution in [2.45, 2.75) is 123 Å². The summed E-state index contributed by atoms with van der Waals surface area (Å²) < 4.78 is 5.65. The molecule has 4 fully saturated rings. The molecule has 0 radical (unpaired) electrons. The minimum Gasteiger partial charge on any atom is -0.396 e. The summed E-state index contributed by atoms with van der Waals surface area (Å²) in [5.41, 5.74) is 1.79. The second-order valence-electron chi connectivity index (χ2n) is 14.4. The number of rotatable bonds is 12. The van der Waals surface area contributed by atoms with Crippen molar-refractivity contribution in [2.75, 3.05) is 19.8 Å². The molecule has 0 aromatic heterocycles. The van der Waals surface area contributed by atoms with E-state index in [9.17, 15) is 5.11 Å². The number of aliphatic hydroxyl groups is 2. The predicted octanol–water partition coefficient (Wildman–Crippen LogP) is 7.55. The van der Waals surface area contributed by atoms with Gasteiger partial charge in [0.25, 0.3) is 0 Å². The van der Waals surface area contributed by atoms with Crippen LogP contribution in [-0.4, -0.2) is 35.6 Å². The van der Waals surface area contributed by atoms with Crippen molar-refractivity contribution in [2.24, 2.45) is 52.8 Å². The molecule has 10 atom stereocenters.